The number of fused-ring (bicyclic) bond motifs is 2. The van der Waals surface area contributed by atoms with Crippen LogP contribution in [-0.4, -0.2) is 19.3 Å². The largest absolute Gasteiger partial charge is 0.345 e. The molecule has 8 heteroatoms. The lowest BCUT2D eigenvalue weighted by atomic mass is 10.1. The van der Waals surface area contributed by atoms with Gasteiger partial charge in [0.15, 0.2) is 0 Å². The molecule has 130 valence electrons. The maximum atomic E-state index is 12.6. The third kappa shape index (κ3) is 2.82. The van der Waals surface area contributed by atoms with Gasteiger partial charge in [0.2, 0.25) is 10.0 Å². The molecule has 6 nitrogen and oxygen atoms in total. The summed E-state index contributed by atoms with van der Waals surface area (Å²) in [6.45, 7) is 1.72. The van der Waals surface area contributed by atoms with Gasteiger partial charge in [-0.05, 0) is 49.1 Å². The Hall–Kier alpha value is -1.96. The summed E-state index contributed by atoms with van der Waals surface area (Å²) in [6, 6.07) is 6.54. The molecule has 4 rings (SSSR count). The first kappa shape index (κ1) is 16.5. The lowest BCUT2D eigenvalue weighted by molar-refractivity contribution is 0.0936. The number of aryl methyl sites for hydroxylation is 1. The minimum Gasteiger partial charge on any atom is -0.345 e. The number of pyridine rings is 1. The molecule has 1 aromatic heterocycles. The van der Waals surface area contributed by atoms with E-state index in [-0.39, 0.29) is 28.4 Å². The fraction of sp³-hybridized carbons (Fsp3) is 0.294. The number of halogens is 1. The average molecular weight is 378 g/mol. The van der Waals surface area contributed by atoms with Crippen LogP contribution >= 0.6 is 11.6 Å². The van der Waals surface area contributed by atoms with Crippen molar-refractivity contribution in [1.82, 2.24) is 15.0 Å². The van der Waals surface area contributed by atoms with Crippen LogP contribution in [0, 0.1) is 0 Å². The number of benzene rings is 1. The van der Waals surface area contributed by atoms with E-state index in [1.54, 1.807) is 13.0 Å². The van der Waals surface area contributed by atoms with Crippen molar-refractivity contribution in [3.8, 4) is 0 Å². The van der Waals surface area contributed by atoms with Gasteiger partial charge in [-0.2, -0.15) is 0 Å². The molecule has 1 unspecified atom stereocenters. The molecule has 0 spiro atoms. The maximum Gasteiger partial charge on any atom is 0.253 e. The monoisotopic (exact) mass is 377 g/mol. The number of carbonyl (C=O) groups is 1. The van der Waals surface area contributed by atoms with Crippen LogP contribution in [0.3, 0.4) is 0 Å². The van der Waals surface area contributed by atoms with Crippen LogP contribution in [0.15, 0.2) is 35.4 Å². The number of nitrogens with one attached hydrogen (secondary N) is 2. The second-order valence-electron chi connectivity index (χ2n) is 6.36. The highest BCUT2D eigenvalue weighted by atomic mass is 35.5. The zero-order chi connectivity index (χ0) is 17.8. The van der Waals surface area contributed by atoms with Crippen molar-refractivity contribution >= 4 is 27.5 Å². The van der Waals surface area contributed by atoms with Gasteiger partial charge >= 0.3 is 0 Å². The lowest BCUT2D eigenvalue weighted by Gasteiger charge is -2.14. The standard InChI is InChI=1S/C17H16ClN3O3S/c1-9-16-15(25(23,24)21-9)7-11(8-19-16)17(22)20-14-5-2-10-6-12(18)3-4-13(10)14/h3-4,6-9,14,21H,2,5H2,1H3,(H,20,22)/t9?,14-/m1/s1. The molecule has 1 aromatic carbocycles. The second-order valence-corrected chi connectivity index (χ2v) is 8.48. The van der Waals surface area contributed by atoms with Crippen LogP contribution in [0.25, 0.3) is 0 Å². The van der Waals surface area contributed by atoms with Gasteiger partial charge in [0.25, 0.3) is 5.91 Å². The SMILES string of the molecule is CC1NS(=O)(=O)c2cc(C(=O)N[C@@H]3CCc4cc(Cl)ccc43)cnc21. The van der Waals surface area contributed by atoms with Crippen LogP contribution in [-0.2, 0) is 16.4 Å². The normalized spacial score (nSPS) is 23.1. The Balaban J connectivity index is 1.60. The van der Waals surface area contributed by atoms with Gasteiger partial charge < -0.3 is 5.32 Å². The Bertz CT molecular complexity index is 991. The lowest BCUT2D eigenvalue weighted by Crippen LogP contribution is -2.27. The highest BCUT2D eigenvalue weighted by Crippen LogP contribution is 2.33. The molecular weight excluding hydrogens is 362 g/mol. The van der Waals surface area contributed by atoms with Crippen LogP contribution in [0.1, 0.15) is 52.6 Å². The smallest absolute Gasteiger partial charge is 0.253 e. The van der Waals surface area contributed by atoms with E-state index < -0.39 is 10.0 Å². The number of hydrogen-bond acceptors (Lipinski definition) is 4. The van der Waals surface area contributed by atoms with E-state index in [0.717, 1.165) is 24.0 Å². The number of nitrogens with zero attached hydrogens (tertiary/aromatic N) is 1. The molecule has 25 heavy (non-hydrogen) atoms. The molecule has 2 aliphatic rings. The Kier molecular flexibility index (Phi) is 3.82. The van der Waals surface area contributed by atoms with E-state index in [1.165, 1.54) is 12.3 Å². The highest BCUT2D eigenvalue weighted by molar-refractivity contribution is 7.89. The van der Waals surface area contributed by atoms with Crippen molar-refractivity contribution in [2.75, 3.05) is 0 Å². The van der Waals surface area contributed by atoms with E-state index in [9.17, 15) is 13.2 Å². The van der Waals surface area contributed by atoms with Gasteiger partial charge in [-0.3, -0.25) is 9.78 Å². The van der Waals surface area contributed by atoms with E-state index in [0.29, 0.717) is 10.7 Å². The average Bonchev–Trinajstić information content (AvgIpc) is 3.05. The minimum atomic E-state index is -3.60. The number of sulfonamides is 1. The minimum absolute atomic E-state index is 0.0752. The van der Waals surface area contributed by atoms with E-state index in [4.69, 9.17) is 11.6 Å². The Morgan fingerprint density at radius 1 is 1.36 bits per heavy atom. The number of carbonyl (C=O) groups excluding carboxylic acids is 1. The summed E-state index contributed by atoms with van der Waals surface area (Å²) >= 11 is 6.01. The molecule has 1 aliphatic heterocycles. The fourth-order valence-corrected chi connectivity index (χ4v) is 5.14. The number of aromatic nitrogens is 1. The van der Waals surface area contributed by atoms with Crippen LogP contribution in [0.2, 0.25) is 5.02 Å². The van der Waals surface area contributed by atoms with Crippen LogP contribution < -0.4 is 10.0 Å². The molecule has 2 aromatic rings. The quantitative estimate of drug-likeness (QED) is 0.841. The predicted molar refractivity (Wildman–Crippen MR) is 93.0 cm³/mol. The van der Waals surface area contributed by atoms with Crippen molar-refractivity contribution in [1.29, 1.82) is 0 Å². The first-order valence-electron chi connectivity index (χ1n) is 7.96. The molecule has 0 saturated heterocycles. The van der Waals surface area contributed by atoms with Gasteiger partial charge in [-0.15, -0.1) is 0 Å². The third-order valence-corrected chi connectivity index (χ3v) is 6.47. The molecule has 0 saturated carbocycles. The predicted octanol–water partition coefficient (Wildman–Crippen LogP) is 2.51. The molecule has 1 amide bonds. The number of rotatable bonds is 2. The third-order valence-electron chi connectivity index (χ3n) is 4.66. The van der Waals surface area contributed by atoms with Crippen molar-refractivity contribution < 1.29 is 13.2 Å². The molecule has 0 radical (unpaired) electrons. The van der Waals surface area contributed by atoms with E-state index in [2.05, 4.69) is 15.0 Å². The Morgan fingerprint density at radius 2 is 2.16 bits per heavy atom. The summed E-state index contributed by atoms with van der Waals surface area (Å²) < 4.78 is 26.6. The summed E-state index contributed by atoms with van der Waals surface area (Å²) in [5.41, 5.74) is 2.86. The number of amides is 1. The maximum absolute atomic E-state index is 12.6. The summed E-state index contributed by atoms with van der Waals surface area (Å²) in [6.07, 6.45) is 3.06. The van der Waals surface area contributed by atoms with Crippen molar-refractivity contribution in [3.05, 3.63) is 57.9 Å². The van der Waals surface area contributed by atoms with Gasteiger partial charge in [0.05, 0.1) is 23.3 Å². The van der Waals surface area contributed by atoms with Gasteiger partial charge in [-0.25, -0.2) is 13.1 Å². The summed E-state index contributed by atoms with van der Waals surface area (Å²) in [4.78, 5) is 16.8. The first-order valence-corrected chi connectivity index (χ1v) is 9.83. The number of hydrogen-bond donors (Lipinski definition) is 2. The zero-order valence-electron chi connectivity index (χ0n) is 13.4. The molecule has 0 fully saturated rings. The summed E-state index contributed by atoms with van der Waals surface area (Å²) in [7, 11) is -3.60. The molecule has 2 heterocycles. The molecule has 0 bridgehead atoms. The first-order chi connectivity index (χ1) is 11.8. The Morgan fingerprint density at radius 3 is 2.96 bits per heavy atom. The molecular formula is C17H16ClN3O3S. The van der Waals surface area contributed by atoms with E-state index in [1.807, 2.05) is 12.1 Å². The highest BCUT2D eigenvalue weighted by Gasteiger charge is 2.34. The van der Waals surface area contributed by atoms with E-state index >= 15 is 0 Å². The van der Waals surface area contributed by atoms with Crippen molar-refractivity contribution in [2.45, 2.75) is 36.7 Å². The Labute approximate surface area is 150 Å². The van der Waals surface area contributed by atoms with Gasteiger partial charge in [0.1, 0.15) is 4.90 Å². The zero-order valence-corrected chi connectivity index (χ0v) is 15.0. The van der Waals surface area contributed by atoms with Gasteiger partial charge in [-0.1, -0.05) is 17.7 Å². The van der Waals surface area contributed by atoms with Crippen molar-refractivity contribution in [3.63, 3.8) is 0 Å². The molecule has 2 atom stereocenters. The molecule has 2 N–H and O–H groups in total. The van der Waals surface area contributed by atoms with Crippen LogP contribution in [0.5, 0.6) is 0 Å². The topological polar surface area (TPSA) is 88.2 Å². The summed E-state index contributed by atoms with van der Waals surface area (Å²) in [5, 5.41) is 3.64. The fourth-order valence-electron chi connectivity index (χ4n) is 3.45. The summed E-state index contributed by atoms with van der Waals surface area (Å²) in [5.74, 6) is -0.335. The van der Waals surface area contributed by atoms with Crippen LogP contribution in [0.4, 0.5) is 0 Å². The molecule has 1 aliphatic carbocycles. The van der Waals surface area contributed by atoms with Crippen molar-refractivity contribution in [2.24, 2.45) is 0 Å². The van der Waals surface area contributed by atoms with Gasteiger partial charge in [0, 0.05) is 11.2 Å². The second kappa shape index (κ2) is 5.79.